The SMILES string of the molecule is COc1ccccc1CN(CC1CCCO1)C(=S)Nc1cc([N+](=O)[O-])ccc1Cl. The molecule has 2 aromatic carbocycles. The number of methoxy groups -OCH3 is 1. The van der Waals surface area contributed by atoms with E-state index in [1.54, 1.807) is 7.11 Å². The maximum Gasteiger partial charge on any atom is 0.271 e. The smallest absolute Gasteiger partial charge is 0.271 e. The summed E-state index contributed by atoms with van der Waals surface area (Å²) in [6.07, 6.45) is 2.05. The minimum Gasteiger partial charge on any atom is -0.496 e. The Bertz CT molecular complexity index is 890. The molecule has 7 nitrogen and oxygen atoms in total. The normalized spacial score (nSPS) is 15.7. The Kier molecular flexibility index (Phi) is 7.24. The maximum atomic E-state index is 11.1. The molecule has 1 aliphatic heterocycles. The third kappa shape index (κ3) is 5.56. The van der Waals surface area contributed by atoms with E-state index in [4.69, 9.17) is 33.3 Å². The molecule has 1 atom stereocenters. The van der Waals surface area contributed by atoms with Crippen molar-refractivity contribution in [1.29, 1.82) is 0 Å². The van der Waals surface area contributed by atoms with Gasteiger partial charge in [0.25, 0.3) is 5.69 Å². The zero-order chi connectivity index (χ0) is 20.8. The van der Waals surface area contributed by atoms with Crippen LogP contribution in [0.25, 0.3) is 0 Å². The van der Waals surface area contributed by atoms with Crippen molar-refractivity contribution in [2.75, 3.05) is 25.6 Å². The van der Waals surface area contributed by atoms with E-state index < -0.39 is 4.92 Å². The highest BCUT2D eigenvalue weighted by Gasteiger charge is 2.23. The first kappa shape index (κ1) is 21.3. The summed E-state index contributed by atoms with van der Waals surface area (Å²) in [5.74, 6) is 0.765. The minimum atomic E-state index is -0.469. The average Bonchev–Trinajstić information content (AvgIpc) is 3.22. The van der Waals surface area contributed by atoms with Gasteiger partial charge in [0.2, 0.25) is 0 Å². The van der Waals surface area contributed by atoms with Crippen molar-refractivity contribution in [1.82, 2.24) is 4.90 Å². The number of nitrogens with one attached hydrogen (secondary N) is 1. The highest BCUT2D eigenvalue weighted by atomic mass is 35.5. The number of rotatable bonds is 7. The number of nitro groups is 1. The van der Waals surface area contributed by atoms with Gasteiger partial charge in [-0.3, -0.25) is 10.1 Å². The van der Waals surface area contributed by atoms with Gasteiger partial charge in [-0.25, -0.2) is 0 Å². The van der Waals surface area contributed by atoms with Crippen LogP contribution in [0.2, 0.25) is 5.02 Å². The molecule has 1 saturated heterocycles. The van der Waals surface area contributed by atoms with E-state index in [0.29, 0.717) is 28.9 Å². The molecule has 0 aliphatic carbocycles. The van der Waals surface area contributed by atoms with Gasteiger partial charge in [0.1, 0.15) is 5.75 Å². The molecular weight excluding hydrogens is 414 g/mol. The first-order valence-electron chi connectivity index (χ1n) is 9.21. The predicted octanol–water partition coefficient (Wildman–Crippen LogP) is 4.63. The summed E-state index contributed by atoms with van der Waals surface area (Å²) >= 11 is 11.8. The number of ether oxygens (including phenoxy) is 2. The van der Waals surface area contributed by atoms with Gasteiger partial charge in [-0.2, -0.15) is 0 Å². The van der Waals surface area contributed by atoms with Crippen molar-refractivity contribution in [2.45, 2.75) is 25.5 Å². The Balaban J connectivity index is 1.82. The molecule has 29 heavy (non-hydrogen) atoms. The Morgan fingerprint density at radius 3 is 2.90 bits per heavy atom. The number of para-hydroxylation sites is 1. The van der Waals surface area contributed by atoms with E-state index in [-0.39, 0.29) is 11.8 Å². The average molecular weight is 436 g/mol. The molecule has 0 aromatic heterocycles. The fourth-order valence-corrected chi connectivity index (χ4v) is 3.62. The highest BCUT2D eigenvalue weighted by molar-refractivity contribution is 7.80. The van der Waals surface area contributed by atoms with E-state index in [9.17, 15) is 10.1 Å². The van der Waals surface area contributed by atoms with Crippen LogP contribution in [0.4, 0.5) is 11.4 Å². The van der Waals surface area contributed by atoms with E-state index in [2.05, 4.69) is 5.32 Å². The number of halogens is 1. The quantitative estimate of drug-likeness (QED) is 0.385. The van der Waals surface area contributed by atoms with Gasteiger partial charge in [0.15, 0.2) is 5.11 Å². The second-order valence-electron chi connectivity index (χ2n) is 6.68. The molecule has 0 bridgehead atoms. The van der Waals surface area contributed by atoms with Gasteiger partial charge in [0.05, 0.1) is 28.8 Å². The first-order valence-corrected chi connectivity index (χ1v) is 10.00. The Labute approximate surface area is 179 Å². The number of nitrogens with zero attached hydrogens (tertiary/aromatic N) is 2. The molecule has 1 aliphatic rings. The van der Waals surface area contributed by atoms with E-state index >= 15 is 0 Å². The Morgan fingerprint density at radius 2 is 2.21 bits per heavy atom. The fourth-order valence-electron chi connectivity index (χ4n) is 3.21. The third-order valence-corrected chi connectivity index (χ3v) is 5.38. The maximum absolute atomic E-state index is 11.1. The van der Waals surface area contributed by atoms with Crippen molar-refractivity contribution in [3.8, 4) is 5.75 Å². The lowest BCUT2D eigenvalue weighted by molar-refractivity contribution is -0.384. The summed E-state index contributed by atoms with van der Waals surface area (Å²) in [4.78, 5) is 12.6. The molecule has 1 heterocycles. The van der Waals surface area contributed by atoms with Crippen LogP contribution >= 0.6 is 23.8 Å². The van der Waals surface area contributed by atoms with Crippen LogP contribution in [0.1, 0.15) is 18.4 Å². The molecule has 154 valence electrons. The van der Waals surface area contributed by atoms with Gasteiger partial charge in [0, 0.05) is 37.4 Å². The second-order valence-corrected chi connectivity index (χ2v) is 7.47. The predicted molar refractivity (Wildman–Crippen MR) is 117 cm³/mol. The third-order valence-electron chi connectivity index (χ3n) is 4.69. The Hall–Kier alpha value is -2.42. The number of non-ortho nitro benzene ring substituents is 1. The minimum absolute atomic E-state index is 0.0601. The summed E-state index contributed by atoms with van der Waals surface area (Å²) in [6, 6.07) is 11.9. The van der Waals surface area contributed by atoms with Gasteiger partial charge in [-0.05, 0) is 37.2 Å². The first-order chi connectivity index (χ1) is 14.0. The molecule has 0 radical (unpaired) electrons. The van der Waals surface area contributed by atoms with Crippen LogP contribution in [-0.4, -0.2) is 41.3 Å². The summed E-state index contributed by atoms with van der Waals surface area (Å²) in [5, 5.41) is 14.9. The Morgan fingerprint density at radius 1 is 1.41 bits per heavy atom. The molecule has 0 saturated carbocycles. The van der Waals surface area contributed by atoms with Crippen molar-refractivity contribution in [3.63, 3.8) is 0 Å². The molecule has 1 unspecified atom stereocenters. The zero-order valence-electron chi connectivity index (χ0n) is 16.0. The molecule has 3 rings (SSSR count). The molecule has 9 heteroatoms. The molecule has 1 fully saturated rings. The number of hydrogen-bond acceptors (Lipinski definition) is 5. The lowest BCUT2D eigenvalue weighted by Crippen LogP contribution is -2.39. The van der Waals surface area contributed by atoms with Gasteiger partial charge >= 0.3 is 0 Å². The van der Waals surface area contributed by atoms with Crippen molar-refractivity contribution in [2.24, 2.45) is 0 Å². The lowest BCUT2D eigenvalue weighted by atomic mass is 10.1. The second kappa shape index (κ2) is 9.87. The summed E-state index contributed by atoms with van der Waals surface area (Å²) in [7, 11) is 1.63. The van der Waals surface area contributed by atoms with Gasteiger partial charge in [-0.1, -0.05) is 29.8 Å². The fraction of sp³-hybridized carbons (Fsp3) is 0.350. The van der Waals surface area contributed by atoms with Crippen LogP contribution in [0.3, 0.4) is 0 Å². The standard InChI is InChI=1S/C20H22ClN3O4S/c1-27-19-7-3-2-5-14(19)12-23(13-16-6-4-10-28-16)20(29)22-18-11-15(24(25)26)8-9-17(18)21/h2-3,5,7-9,11,16H,4,6,10,12-13H2,1H3,(H,22,29). The van der Waals surface area contributed by atoms with Crippen LogP contribution in [0.5, 0.6) is 5.75 Å². The van der Waals surface area contributed by atoms with Crippen LogP contribution in [-0.2, 0) is 11.3 Å². The number of nitro benzene ring substituents is 1. The van der Waals surface area contributed by atoms with Gasteiger partial charge < -0.3 is 19.7 Å². The number of anilines is 1. The van der Waals surface area contributed by atoms with E-state index in [1.165, 1.54) is 18.2 Å². The number of hydrogen-bond donors (Lipinski definition) is 1. The number of benzene rings is 2. The molecule has 1 N–H and O–H groups in total. The van der Waals surface area contributed by atoms with Gasteiger partial charge in [-0.15, -0.1) is 0 Å². The van der Waals surface area contributed by atoms with E-state index in [0.717, 1.165) is 30.8 Å². The summed E-state index contributed by atoms with van der Waals surface area (Å²) in [6.45, 7) is 1.84. The molecule has 0 amide bonds. The van der Waals surface area contributed by atoms with Crippen molar-refractivity contribution < 1.29 is 14.4 Å². The largest absolute Gasteiger partial charge is 0.496 e. The van der Waals surface area contributed by atoms with E-state index in [1.807, 2.05) is 29.2 Å². The summed E-state index contributed by atoms with van der Waals surface area (Å²) < 4.78 is 11.2. The lowest BCUT2D eigenvalue weighted by Gasteiger charge is -2.29. The number of thiocarbonyl (C=S) groups is 1. The van der Waals surface area contributed by atoms with Crippen LogP contribution in [0, 0.1) is 10.1 Å². The van der Waals surface area contributed by atoms with Crippen molar-refractivity contribution in [3.05, 3.63) is 63.2 Å². The molecule has 0 spiro atoms. The van der Waals surface area contributed by atoms with Crippen LogP contribution in [0.15, 0.2) is 42.5 Å². The van der Waals surface area contributed by atoms with Crippen LogP contribution < -0.4 is 10.1 Å². The topological polar surface area (TPSA) is 76.9 Å². The summed E-state index contributed by atoms with van der Waals surface area (Å²) in [5.41, 5.74) is 1.31. The molecular formula is C20H22ClN3O4S. The highest BCUT2D eigenvalue weighted by Crippen LogP contribution is 2.28. The molecule has 2 aromatic rings. The monoisotopic (exact) mass is 435 g/mol. The van der Waals surface area contributed by atoms with Crippen molar-refractivity contribution >= 4 is 40.3 Å². The zero-order valence-corrected chi connectivity index (χ0v) is 17.5.